The highest BCUT2D eigenvalue weighted by atomic mass is 35.5. The van der Waals surface area contributed by atoms with Crippen LogP contribution in [-0.4, -0.2) is 60.0 Å². The molecule has 192 valence electrons. The minimum absolute atomic E-state index is 0.208. The van der Waals surface area contributed by atoms with E-state index in [0.29, 0.717) is 35.0 Å². The van der Waals surface area contributed by atoms with Crippen molar-refractivity contribution in [3.63, 3.8) is 0 Å². The van der Waals surface area contributed by atoms with Crippen LogP contribution in [0.15, 0.2) is 42.5 Å². The van der Waals surface area contributed by atoms with Gasteiger partial charge in [0.1, 0.15) is 5.75 Å². The Morgan fingerprint density at radius 3 is 2.28 bits per heavy atom. The lowest BCUT2D eigenvalue weighted by Crippen LogP contribution is -2.59. The molecule has 3 fully saturated rings. The Morgan fingerprint density at radius 1 is 1.03 bits per heavy atom. The Hall–Kier alpha value is -2.61. The molecule has 5 rings (SSSR count). The maximum Gasteiger partial charge on any atom is 0.292 e. The summed E-state index contributed by atoms with van der Waals surface area (Å²) in [6.45, 7) is 5.11. The average Bonchev–Trinajstić information content (AvgIpc) is 3.30. The number of hydrogen-bond donors (Lipinski definition) is 2. The SMILES string of the molecule is C[C@@H](NC(=O)C(=O)c1ccc(N2CCCC2)cc1)[C@](O)(c1ccc(OC2CC2)c(Cl)c1)N1CCCC1. The van der Waals surface area contributed by atoms with Crippen molar-refractivity contribution < 1.29 is 19.4 Å². The van der Waals surface area contributed by atoms with E-state index >= 15 is 0 Å². The number of amides is 1. The zero-order valence-corrected chi connectivity index (χ0v) is 21.5. The molecular formula is C28H34ClN3O4. The Balaban J connectivity index is 1.32. The minimum atomic E-state index is -1.52. The van der Waals surface area contributed by atoms with E-state index in [-0.39, 0.29) is 6.10 Å². The lowest BCUT2D eigenvalue weighted by Gasteiger charge is -2.42. The van der Waals surface area contributed by atoms with Gasteiger partial charge in [-0.15, -0.1) is 0 Å². The molecular weight excluding hydrogens is 478 g/mol. The van der Waals surface area contributed by atoms with Crippen LogP contribution >= 0.6 is 11.6 Å². The molecule has 2 atom stereocenters. The quantitative estimate of drug-likeness (QED) is 0.389. The van der Waals surface area contributed by atoms with Crippen LogP contribution in [-0.2, 0) is 10.5 Å². The summed E-state index contributed by atoms with van der Waals surface area (Å²) < 4.78 is 5.85. The third kappa shape index (κ3) is 5.10. The Morgan fingerprint density at radius 2 is 1.67 bits per heavy atom. The number of benzene rings is 2. The summed E-state index contributed by atoms with van der Waals surface area (Å²) in [6, 6.07) is 11.7. The zero-order chi connectivity index (χ0) is 25.3. The molecule has 36 heavy (non-hydrogen) atoms. The number of carbonyl (C=O) groups is 2. The fraction of sp³-hybridized carbons (Fsp3) is 0.500. The van der Waals surface area contributed by atoms with Crippen LogP contribution in [0.25, 0.3) is 0 Å². The molecule has 0 bridgehead atoms. The smallest absolute Gasteiger partial charge is 0.292 e. The van der Waals surface area contributed by atoms with E-state index in [1.54, 1.807) is 37.3 Å². The predicted octanol–water partition coefficient (Wildman–Crippen LogP) is 4.11. The van der Waals surface area contributed by atoms with Crippen molar-refractivity contribution in [2.75, 3.05) is 31.1 Å². The molecule has 2 aliphatic heterocycles. The monoisotopic (exact) mass is 511 g/mol. The molecule has 2 saturated heterocycles. The maximum absolute atomic E-state index is 13.0. The lowest BCUT2D eigenvalue weighted by molar-refractivity contribution is -0.139. The average molecular weight is 512 g/mol. The third-order valence-corrected chi connectivity index (χ3v) is 7.82. The Bertz CT molecular complexity index is 1110. The van der Waals surface area contributed by atoms with Crippen molar-refractivity contribution >= 4 is 29.0 Å². The second kappa shape index (κ2) is 10.4. The number of anilines is 1. The summed E-state index contributed by atoms with van der Waals surface area (Å²) in [5, 5.41) is 15.2. The van der Waals surface area contributed by atoms with Gasteiger partial charge in [-0.1, -0.05) is 17.7 Å². The van der Waals surface area contributed by atoms with Gasteiger partial charge in [-0.05, 0) is 81.8 Å². The van der Waals surface area contributed by atoms with Crippen molar-refractivity contribution in [2.24, 2.45) is 0 Å². The number of hydrogen-bond acceptors (Lipinski definition) is 6. The molecule has 1 aliphatic carbocycles. The molecule has 7 nitrogen and oxygen atoms in total. The van der Waals surface area contributed by atoms with E-state index in [1.807, 2.05) is 17.0 Å². The first-order valence-electron chi connectivity index (χ1n) is 13.0. The van der Waals surface area contributed by atoms with Gasteiger partial charge in [0, 0.05) is 43.0 Å². The largest absolute Gasteiger partial charge is 0.489 e. The molecule has 2 heterocycles. The summed E-state index contributed by atoms with van der Waals surface area (Å²) in [7, 11) is 0. The molecule has 0 spiro atoms. The van der Waals surface area contributed by atoms with Gasteiger partial charge in [0.05, 0.1) is 17.2 Å². The van der Waals surface area contributed by atoms with Gasteiger partial charge in [0.15, 0.2) is 5.72 Å². The maximum atomic E-state index is 13.0. The van der Waals surface area contributed by atoms with E-state index < -0.39 is 23.5 Å². The Kier molecular flexibility index (Phi) is 7.24. The molecule has 0 unspecified atom stereocenters. The van der Waals surface area contributed by atoms with Crippen molar-refractivity contribution in [1.29, 1.82) is 0 Å². The molecule has 2 aromatic carbocycles. The van der Waals surface area contributed by atoms with Crippen LogP contribution in [0.3, 0.4) is 0 Å². The highest BCUT2D eigenvalue weighted by Crippen LogP contribution is 2.38. The number of rotatable bonds is 9. The van der Waals surface area contributed by atoms with E-state index in [0.717, 1.165) is 44.5 Å². The van der Waals surface area contributed by atoms with Crippen molar-refractivity contribution in [3.05, 3.63) is 58.6 Å². The van der Waals surface area contributed by atoms with Gasteiger partial charge in [0.2, 0.25) is 5.78 Å². The van der Waals surface area contributed by atoms with Gasteiger partial charge in [-0.3, -0.25) is 14.5 Å². The standard InChI is InChI=1S/C28H34ClN3O4/c1-19(30-27(34)26(33)20-6-9-22(10-7-20)31-14-2-3-15-31)28(35,32-16-4-5-17-32)21-8-13-25(24(29)18-21)36-23-11-12-23/h6-10,13,18-19,23,35H,2-5,11-12,14-17H2,1H3,(H,30,34)/t19-,28+/m1/s1. The summed E-state index contributed by atoms with van der Waals surface area (Å²) >= 11 is 6.52. The predicted molar refractivity (Wildman–Crippen MR) is 140 cm³/mol. The van der Waals surface area contributed by atoms with Gasteiger partial charge in [-0.2, -0.15) is 0 Å². The van der Waals surface area contributed by atoms with Crippen LogP contribution in [0.1, 0.15) is 61.4 Å². The number of halogens is 1. The number of Topliss-reactive ketones (excluding diaryl/α,β-unsaturated/α-hetero) is 1. The highest BCUT2D eigenvalue weighted by Gasteiger charge is 2.44. The van der Waals surface area contributed by atoms with Gasteiger partial charge in [0.25, 0.3) is 5.91 Å². The van der Waals surface area contributed by atoms with Crippen molar-refractivity contribution in [1.82, 2.24) is 10.2 Å². The van der Waals surface area contributed by atoms with Crippen LogP contribution < -0.4 is 15.0 Å². The third-order valence-electron chi connectivity index (χ3n) is 7.52. The highest BCUT2D eigenvalue weighted by molar-refractivity contribution is 6.42. The van der Waals surface area contributed by atoms with Crippen LogP contribution in [0.5, 0.6) is 5.75 Å². The molecule has 1 saturated carbocycles. The first kappa shape index (κ1) is 25.1. The Labute approximate surface area is 217 Å². The lowest BCUT2D eigenvalue weighted by atomic mass is 9.93. The second-order valence-electron chi connectivity index (χ2n) is 10.1. The molecule has 3 aliphatic rings. The molecule has 2 aromatic rings. The number of nitrogens with one attached hydrogen (secondary N) is 1. The molecule has 1 amide bonds. The summed E-state index contributed by atoms with van der Waals surface area (Å²) in [6.07, 6.45) is 6.48. The van der Waals surface area contributed by atoms with Crippen molar-refractivity contribution in [3.8, 4) is 5.75 Å². The van der Waals surface area contributed by atoms with E-state index in [4.69, 9.17) is 16.3 Å². The summed E-state index contributed by atoms with van der Waals surface area (Å²) in [5.74, 6) is -0.769. The van der Waals surface area contributed by atoms with Crippen LogP contribution in [0.4, 0.5) is 5.69 Å². The van der Waals surface area contributed by atoms with E-state index in [1.165, 1.54) is 12.8 Å². The van der Waals surface area contributed by atoms with E-state index in [9.17, 15) is 14.7 Å². The van der Waals surface area contributed by atoms with Gasteiger partial charge >= 0.3 is 0 Å². The number of nitrogens with zero attached hydrogens (tertiary/aromatic N) is 2. The number of aliphatic hydroxyl groups is 1. The normalized spacial score (nSPS) is 20.7. The summed E-state index contributed by atoms with van der Waals surface area (Å²) in [4.78, 5) is 30.2. The first-order chi connectivity index (χ1) is 17.4. The summed E-state index contributed by atoms with van der Waals surface area (Å²) in [5.41, 5.74) is 0.435. The van der Waals surface area contributed by atoms with Gasteiger partial charge < -0.3 is 20.1 Å². The van der Waals surface area contributed by atoms with E-state index in [2.05, 4.69) is 10.2 Å². The number of ether oxygens (including phenoxy) is 1. The molecule has 0 radical (unpaired) electrons. The fourth-order valence-corrected chi connectivity index (χ4v) is 5.47. The number of carbonyl (C=O) groups excluding carboxylic acids is 2. The van der Waals surface area contributed by atoms with Crippen molar-refractivity contribution in [2.45, 2.75) is 63.3 Å². The second-order valence-corrected chi connectivity index (χ2v) is 10.6. The number of likely N-dealkylation sites (tertiary alicyclic amines) is 1. The fourth-order valence-electron chi connectivity index (χ4n) is 5.25. The van der Waals surface area contributed by atoms with Crippen LogP contribution in [0.2, 0.25) is 5.02 Å². The van der Waals surface area contributed by atoms with Gasteiger partial charge in [-0.25, -0.2) is 0 Å². The first-order valence-corrected chi connectivity index (χ1v) is 13.4. The topological polar surface area (TPSA) is 82.1 Å². The molecule has 8 heteroatoms. The molecule has 2 N–H and O–H groups in total. The molecule has 0 aromatic heterocycles. The zero-order valence-electron chi connectivity index (χ0n) is 20.7. The van der Waals surface area contributed by atoms with Crippen LogP contribution in [0, 0.1) is 0 Å². The minimum Gasteiger partial charge on any atom is -0.489 e. The number of ketones is 1.